The lowest BCUT2D eigenvalue weighted by atomic mass is 9.77. The van der Waals surface area contributed by atoms with Crippen molar-refractivity contribution >= 4 is 0 Å². The molecule has 0 aromatic heterocycles. The van der Waals surface area contributed by atoms with Crippen molar-refractivity contribution in [1.82, 2.24) is 0 Å². The molecule has 1 fully saturated rings. The van der Waals surface area contributed by atoms with E-state index in [2.05, 4.69) is 11.8 Å². The van der Waals surface area contributed by atoms with Gasteiger partial charge in [-0.25, -0.2) is 8.78 Å². The fourth-order valence-corrected chi connectivity index (χ4v) is 1.80. The summed E-state index contributed by atoms with van der Waals surface area (Å²) >= 11 is 0. The highest BCUT2D eigenvalue weighted by Gasteiger charge is 2.55. The SMILES string of the molecule is Cc1cccc(C#CC2(O)CC(F)(F)C2)c1. The van der Waals surface area contributed by atoms with Crippen molar-refractivity contribution in [2.45, 2.75) is 31.3 Å². The third-order valence-electron chi connectivity index (χ3n) is 2.56. The standard InChI is InChI=1S/C13H12F2O/c1-10-3-2-4-11(7-10)5-6-12(16)8-13(14,15)9-12/h2-4,7,16H,8-9H2,1H3. The molecule has 0 atom stereocenters. The second-order valence-corrected chi connectivity index (χ2v) is 4.36. The monoisotopic (exact) mass is 222 g/mol. The van der Waals surface area contributed by atoms with Crippen LogP contribution in [0.1, 0.15) is 24.0 Å². The molecule has 1 saturated carbocycles. The summed E-state index contributed by atoms with van der Waals surface area (Å²) in [4.78, 5) is 0. The van der Waals surface area contributed by atoms with Crippen molar-refractivity contribution in [2.24, 2.45) is 0 Å². The van der Waals surface area contributed by atoms with E-state index in [1.54, 1.807) is 6.07 Å². The van der Waals surface area contributed by atoms with Crippen molar-refractivity contribution in [2.75, 3.05) is 0 Å². The zero-order valence-electron chi connectivity index (χ0n) is 8.93. The van der Waals surface area contributed by atoms with E-state index in [0.717, 1.165) is 11.1 Å². The van der Waals surface area contributed by atoms with Gasteiger partial charge in [0.2, 0.25) is 0 Å². The van der Waals surface area contributed by atoms with E-state index in [0.29, 0.717) is 0 Å². The summed E-state index contributed by atoms with van der Waals surface area (Å²) in [6.45, 7) is 1.93. The molecular weight excluding hydrogens is 210 g/mol. The van der Waals surface area contributed by atoms with E-state index in [4.69, 9.17) is 0 Å². The minimum atomic E-state index is -2.75. The molecular formula is C13H12F2O. The minimum Gasteiger partial charge on any atom is -0.377 e. The summed E-state index contributed by atoms with van der Waals surface area (Å²) in [7, 11) is 0. The number of alkyl halides is 2. The Balaban J connectivity index is 2.12. The van der Waals surface area contributed by atoms with Crippen LogP contribution in [0.15, 0.2) is 24.3 Å². The maximum absolute atomic E-state index is 12.6. The van der Waals surface area contributed by atoms with Gasteiger partial charge in [-0.1, -0.05) is 24.0 Å². The first kappa shape index (κ1) is 11.1. The summed E-state index contributed by atoms with van der Waals surface area (Å²) < 4.78 is 25.2. The molecule has 0 unspecified atom stereocenters. The molecule has 3 heteroatoms. The predicted molar refractivity (Wildman–Crippen MR) is 57.2 cm³/mol. The van der Waals surface area contributed by atoms with Crippen molar-refractivity contribution in [3.63, 3.8) is 0 Å². The van der Waals surface area contributed by atoms with Gasteiger partial charge in [0.15, 0.2) is 0 Å². The average Bonchev–Trinajstić information content (AvgIpc) is 2.12. The number of rotatable bonds is 0. The van der Waals surface area contributed by atoms with E-state index in [9.17, 15) is 13.9 Å². The number of aliphatic hydroxyl groups is 1. The number of halogens is 2. The first-order valence-corrected chi connectivity index (χ1v) is 5.09. The van der Waals surface area contributed by atoms with Crippen LogP contribution in [0.5, 0.6) is 0 Å². The smallest absolute Gasteiger partial charge is 0.255 e. The largest absolute Gasteiger partial charge is 0.377 e. The van der Waals surface area contributed by atoms with E-state index in [-0.39, 0.29) is 0 Å². The van der Waals surface area contributed by atoms with Crippen LogP contribution in [0.4, 0.5) is 8.78 Å². The summed E-state index contributed by atoms with van der Waals surface area (Å²) in [6, 6.07) is 7.42. The van der Waals surface area contributed by atoms with Crippen LogP contribution in [-0.4, -0.2) is 16.6 Å². The van der Waals surface area contributed by atoms with Crippen molar-refractivity contribution in [3.8, 4) is 11.8 Å². The highest BCUT2D eigenvalue weighted by Crippen LogP contribution is 2.45. The lowest BCUT2D eigenvalue weighted by Crippen LogP contribution is -2.50. The van der Waals surface area contributed by atoms with Gasteiger partial charge in [0.1, 0.15) is 5.60 Å². The fourth-order valence-electron chi connectivity index (χ4n) is 1.80. The third kappa shape index (κ3) is 2.40. The van der Waals surface area contributed by atoms with Gasteiger partial charge in [0.25, 0.3) is 5.92 Å². The molecule has 2 rings (SSSR count). The highest BCUT2D eigenvalue weighted by atomic mass is 19.3. The first-order valence-electron chi connectivity index (χ1n) is 5.09. The Hall–Kier alpha value is -1.40. The zero-order chi connectivity index (χ0) is 11.8. The lowest BCUT2D eigenvalue weighted by molar-refractivity contribution is -0.176. The summed E-state index contributed by atoms with van der Waals surface area (Å²) in [5.74, 6) is 2.50. The molecule has 1 N–H and O–H groups in total. The number of hydrogen-bond acceptors (Lipinski definition) is 1. The van der Waals surface area contributed by atoms with Gasteiger partial charge >= 0.3 is 0 Å². The average molecular weight is 222 g/mol. The molecule has 1 aliphatic carbocycles. The first-order chi connectivity index (χ1) is 7.39. The van der Waals surface area contributed by atoms with Gasteiger partial charge in [-0.2, -0.15) is 0 Å². The van der Waals surface area contributed by atoms with E-state index < -0.39 is 24.4 Å². The maximum atomic E-state index is 12.6. The molecule has 0 radical (unpaired) electrons. The van der Waals surface area contributed by atoms with E-state index in [1.165, 1.54) is 0 Å². The minimum absolute atomic E-state index is 0.557. The van der Waals surface area contributed by atoms with Gasteiger partial charge in [0.05, 0.1) is 12.8 Å². The van der Waals surface area contributed by atoms with Gasteiger partial charge in [-0.05, 0) is 24.6 Å². The highest BCUT2D eigenvalue weighted by molar-refractivity contribution is 5.39. The van der Waals surface area contributed by atoms with E-state index in [1.807, 2.05) is 25.1 Å². The molecule has 0 bridgehead atoms. The summed E-state index contributed by atoms with van der Waals surface area (Å²) in [5.41, 5.74) is 0.286. The molecule has 0 amide bonds. The van der Waals surface area contributed by atoms with Crippen molar-refractivity contribution in [1.29, 1.82) is 0 Å². The Morgan fingerprint density at radius 1 is 1.31 bits per heavy atom. The van der Waals surface area contributed by atoms with Gasteiger partial charge in [-0.3, -0.25) is 0 Å². The summed E-state index contributed by atoms with van der Waals surface area (Å²) in [5, 5.41) is 9.62. The quantitative estimate of drug-likeness (QED) is 0.669. The van der Waals surface area contributed by atoms with Crippen molar-refractivity contribution < 1.29 is 13.9 Å². The predicted octanol–water partition coefficient (Wildman–Crippen LogP) is 2.51. The molecule has 1 aromatic carbocycles. The molecule has 1 aromatic rings. The second-order valence-electron chi connectivity index (χ2n) is 4.36. The van der Waals surface area contributed by atoms with Crippen LogP contribution < -0.4 is 0 Å². The third-order valence-corrected chi connectivity index (χ3v) is 2.56. The van der Waals surface area contributed by atoms with Gasteiger partial charge in [0, 0.05) is 5.56 Å². The van der Waals surface area contributed by atoms with E-state index >= 15 is 0 Å². The maximum Gasteiger partial charge on any atom is 0.255 e. The Kier molecular flexibility index (Phi) is 2.47. The Morgan fingerprint density at radius 3 is 2.56 bits per heavy atom. The Morgan fingerprint density at radius 2 is 2.00 bits per heavy atom. The van der Waals surface area contributed by atoms with Crippen LogP contribution in [0.3, 0.4) is 0 Å². The molecule has 0 saturated heterocycles. The molecule has 1 aliphatic rings. The summed E-state index contributed by atoms with van der Waals surface area (Å²) in [6.07, 6.45) is -1.11. The van der Waals surface area contributed by atoms with Crippen LogP contribution in [0.2, 0.25) is 0 Å². The van der Waals surface area contributed by atoms with Crippen LogP contribution in [0.25, 0.3) is 0 Å². The van der Waals surface area contributed by atoms with Crippen molar-refractivity contribution in [3.05, 3.63) is 35.4 Å². The Bertz CT molecular complexity index is 460. The normalized spacial score (nSPS) is 20.5. The van der Waals surface area contributed by atoms with Gasteiger partial charge in [-0.15, -0.1) is 0 Å². The molecule has 16 heavy (non-hydrogen) atoms. The fraction of sp³-hybridized carbons (Fsp3) is 0.385. The second kappa shape index (κ2) is 3.57. The number of aryl methyl sites for hydroxylation is 1. The molecule has 0 aliphatic heterocycles. The number of hydrogen-bond donors (Lipinski definition) is 1. The zero-order valence-corrected chi connectivity index (χ0v) is 8.93. The topological polar surface area (TPSA) is 20.2 Å². The van der Waals surface area contributed by atoms with Gasteiger partial charge < -0.3 is 5.11 Å². The molecule has 1 nitrogen and oxygen atoms in total. The molecule has 84 valence electrons. The molecule has 0 spiro atoms. The van der Waals surface area contributed by atoms with Crippen LogP contribution >= 0.6 is 0 Å². The van der Waals surface area contributed by atoms with Crippen LogP contribution in [-0.2, 0) is 0 Å². The number of benzene rings is 1. The van der Waals surface area contributed by atoms with Crippen LogP contribution in [0, 0.1) is 18.8 Å². The Labute approximate surface area is 93.1 Å². The lowest BCUT2D eigenvalue weighted by Gasteiger charge is -2.39. The molecule has 0 heterocycles.